The average molecular weight is 809 g/mol. The molecule has 3 aromatic heterocycles. The van der Waals surface area contributed by atoms with Gasteiger partial charge in [0.25, 0.3) is 0 Å². The standard InChI is InChI=1S/C58H56N4/c1-56(2,3)42-30-39(31-43(36-42)57(4,5)6)40-34-51(60-52(35-40)49-25-19-24-48-47-23-13-15-26-50(47)61-55(48)49)41-32-44(58(7,8)9)37-45(33-41)62(54-28-17-18-29-59-54)53-27-16-14-22-46(53)38-20-11-10-12-21-38/h10-37,61H,1-9H3. The lowest BCUT2D eigenvalue weighted by Crippen LogP contribution is -2.16. The Hall–Kier alpha value is -6.78. The molecule has 3 heterocycles. The third kappa shape index (κ3) is 7.94. The number of aromatic amines is 1. The topological polar surface area (TPSA) is 44.8 Å². The zero-order valence-corrected chi connectivity index (χ0v) is 37.5. The van der Waals surface area contributed by atoms with Crippen LogP contribution < -0.4 is 4.90 Å². The van der Waals surface area contributed by atoms with Crippen molar-refractivity contribution in [2.24, 2.45) is 0 Å². The molecule has 0 atom stereocenters. The highest BCUT2D eigenvalue weighted by Crippen LogP contribution is 2.44. The Bertz CT molecular complexity index is 3030. The number of hydrogen-bond acceptors (Lipinski definition) is 3. The summed E-state index contributed by atoms with van der Waals surface area (Å²) in [5, 5.41) is 2.40. The van der Waals surface area contributed by atoms with Gasteiger partial charge in [-0.2, -0.15) is 0 Å². The molecule has 0 unspecified atom stereocenters. The molecule has 6 aromatic carbocycles. The molecule has 0 fully saturated rings. The number of nitrogens with one attached hydrogen (secondary N) is 1. The molecule has 308 valence electrons. The fourth-order valence-corrected chi connectivity index (χ4v) is 8.46. The maximum atomic E-state index is 5.64. The van der Waals surface area contributed by atoms with Gasteiger partial charge in [-0.05, 0) is 104 Å². The maximum absolute atomic E-state index is 5.64. The van der Waals surface area contributed by atoms with Crippen LogP contribution in [0.5, 0.6) is 0 Å². The van der Waals surface area contributed by atoms with Crippen molar-refractivity contribution in [3.8, 4) is 44.8 Å². The van der Waals surface area contributed by atoms with E-state index in [-0.39, 0.29) is 16.2 Å². The summed E-state index contributed by atoms with van der Waals surface area (Å²) in [7, 11) is 0. The Balaban J connectivity index is 1.33. The SMILES string of the molecule is CC(C)(C)c1cc(-c2cc(-c3cc(C(C)(C)C)cc(C(C)(C)C)c3)cc(-c3cccc4c3[nH]c3ccccc34)n2)cc(N(c2ccccn2)c2ccccc2-c2ccccc2)c1. The van der Waals surface area contributed by atoms with Gasteiger partial charge in [0, 0.05) is 44.9 Å². The van der Waals surface area contributed by atoms with Crippen LogP contribution in [0.3, 0.4) is 0 Å². The van der Waals surface area contributed by atoms with Crippen molar-refractivity contribution >= 4 is 39.0 Å². The minimum absolute atomic E-state index is 0.0361. The van der Waals surface area contributed by atoms with Crippen molar-refractivity contribution in [1.29, 1.82) is 0 Å². The Morgan fingerprint density at radius 3 is 1.73 bits per heavy atom. The number of fused-ring (bicyclic) bond motifs is 3. The van der Waals surface area contributed by atoms with Gasteiger partial charge in [-0.1, -0.05) is 172 Å². The Morgan fingerprint density at radius 1 is 0.435 bits per heavy atom. The van der Waals surface area contributed by atoms with E-state index in [1.54, 1.807) is 0 Å². The summed E-state index contributed by atoms with van der Waals surface area (Å²) in [6.45, 7) is 20.7. The summed E-state index contributed by atoms with van der Waals surface area (Å²) in [4.78, 5) is 16.7. The van der Waals surface area contributed by atoms with E-state index in [9.17, 15) is 0 Å². The van der Waals surface area contributed by atoms with Gasteiger partial charge in [0.05, 0.1) is 22.6 Å². The molecule has 62 heavy (non-hydrogen) atoms. The van der Waals surface area contributed by atoms with Crippen molar-refractivity contribution in [2.45, 2.75) is 78.6 Å². The number of benzene rings is 6. The fourth-order valence-electron chi connectivity index (χ4n) is 8.46. The van der Waals surface area contributed by atoms with Gasteiger partial charge >= 0.3 is 0 Å². The van der Waals surface area contributed by atoms with Gasteiger partial charge < -0.3 is 4.98 Å². The molecule has 0 saturated heterocycles. The van der Waals surface area contributed by atoms with Crippen molar-refractivity contribution in [1.82, 2.24) is 15.0 Å². The first-order valence-electron chi connectivity index (χ1n) is 21.8. The lowest BCUT2D eigenvalue weighted by molar-refractivity contribution is 0.569. The van der Waals surface area contributed by atoms with Crippen LogP contribution in [0.15, 0.2) is 170 Å². The lowest BCUT2D eigenvalue weighted by Gasteiger charge is -2.29. The van der Waals surface area contributed by atoms with E-state index in [0.717, 1.165) is 67.4 Å². The number of nitrogens with zero attached hydrogens (tertiary/aromatic N) is 3. The predicted molar refractivity (Wildman–Crippen MR) is 264 cm³/mol. The van der Waals surface area contributed by atoms with Crippen LogP contribution in [-0.4, -0.2) is 15.0 Å². The Labute approximate surface area is 367 Å². The number of hydrogen-bond donors (Lipinski definition) is 1. The first-order chi connectivity index (χ1) is 29.6. The van der Waals surface area contributed by atoms with Crippen LogP contribution in [0.1, 0.15) is 79.0 Å². The number of H-pyrrole nitrogens is 1. The minimum Gasteiger partial charge on any atom is -0.354 e. The van der Waals surface area contributed by atoms with E-state index in [2.05, 4.69) is 230 Å². The summed E-state index contributed by atoms with van der Waals surface area (Å²) in [5.41, 5.74) is 16.4. The average Bonchev–Trinajstić information content (AvgIpc) is 3.65. The van der Waals surface area contributed by atoms with Gasteiger partial charge in [0.1, 0.15) is 5.82 Å². The van der Waals surface area contributed by atoms with E-state index in [4.69, 9.17) is 9.97 Å². The number of pyridine rings is 2. The van der Waals surface area contributed by atoms with Crippen molar-refractivity contribution in [3.63, 3.8) is 0 Å². The zero-order valence-electron chi connectivity index (χ0n) is 37.5. The molecule has 4 heteroatoms. The predicted octanol–water partition coefficient (Wildman–Crippen LogP) is 16.1. The fraction of sp³-hybridized carbons (Fsp3) is 0.207. The molecule has 0 bridgehead atoms. The van der Waals surface area contributed by atoms with Crippen LogP contribution in [0.2, 0.25) is 0 Å². The third-order valence-electron chi connectivity index (χ3n) is 12.1. The highest BCUT2D eigenvalue weighted by atomic mass is 15.2. The molecule has 9 rings (SSSR count). The summed E-state index contributed by atoms with van der Waals surface area (Å²) in [5.74, 6) is 0.842. The normalized spacial score (nSPS) is 12.3. The van der Waals surface area contributed by atoms with E-state index in [1.807, 2.05) is 12.3 Å². The Morgan fingerprint density at radius 2 is 1.02 bits per heavy atom. The van der Waals surface area contributed by atoms with Gasteiger partial charge in [0.2, 0.25) is 0 Å². The molecule has 0 spiro atoms. The monoisotopic (exact) mass is 808 g/mol. The molecular weight excluding hydrogens is 753 g/mol. The van der Waals surface area contributed by atoms with Crippen molar-refractivity contribution in [3.05, 3.63) is 187 Å². The van der Waals surface area contributed by atoms with Gasteiger partial charge in [0.15, 0.2) is 0 Å². The number of rotatable bonds is 7. The van der Waals surface area contributed by atoms with Crippen LogP contribution in [-0.2, 0) is 16.2 Å². The first kappa shape index (κ1) is 40.6. The molecular formula is C58H56N4. The summed E-state index contributed by atoms with van der Waals surface area (Å²) in [6.07, 6.45) is 1.88. The maximum Gasteiger partial charge on any atom is 0.137 e. The summed E-state index contributed by atoms with van der Waals surface area (Å²) < 4.78 is 0. The molecule has 0 radical (unpaired) electrons. The van der Waals surface area contributed by atoms with Gasteiger partial charge in [-0.15, -0.1) is 0 Å². The van der Waals surface area contributed by atoms with E-state index >= 15 is 0 Å². The van der Waals surface area contributed by atoms with E-state index in [1.165, 1.54) is 33.0 Å². The van der Waals surface area contributed by atoms with E-state index in [0.29, 0.717) is 0 Å². The van der Waals surface area contributed by atoms with Crippen LogP contribution in [0.25, 0.3) is 66.6 Å². The van der Waals surface area contributed by atoms with Crippen LogP contribution in [0, 0.1) is 0 Å². The smallest absolute Gasteiger partial charge is 0.137 e. The molecule has 0 saturated carbocycles. The molecule has 9 aromatic rings. The highest BCUT2D eigenvalue weighted by molar-refractivity contribution is 6.11. The first-order valence-corrected chi connectivity index (χ1v) is 21.8. The molecule has 0 aliphatic heterocycles. The van der Waals surface area contributed by atoms with Crippen LogP contribution in [0.4, 0.5) is 17.2 Å². The van der Waals surface area contributed by atoms with Crippen LogP contribution >= 0.6 is 0 Å². The molecule has 0 amide bonds. The molecule has 1 N–H and O–H groups in total. The zero-order chi connectivity index (χ0) is 43.4. The highest BCUT2D eigenvalue weighted by Gasteiger charge is 2.25. The number of para-hydroxylation sites is 3. The second-order valence-electron chi connectivity index (χ2n) is 19.7. The lowest BCUT2D eigenvalue weighted by atomic mass is 9.79. The number of anilines is 3. The Kier molecular flexibility index (Phi) is 10.2. The minimum atomic E-state index is -0.168. The molecule has 0 aliphatic carbocycles. The summed E-state index contributed by atoms with van der Waals surface area (Å²) >= 11 is 0. The quantitative estimate of drug-likeness (QED) is 0.174. The third-order valence-corrected chi connectivity index (χ3v) is 12.1. The number of aromatic nitrogens is 3. The molecule has 4 nitrogen and oxygen atoms in total. The second-order valence-corrected chi connectivity index (χ2v) is 19.7. The summed E-state index contributed by atoms with van der Waals surface area (Å²) in [6, 6.07) is 59.3. The molecule has 0 aliphatic rings. The van der Waals surface area contributed by atoms with Gasteiger partial charge in [-0.3, -0.25) is 4.90 Å². The van der Waals surface area contributed by atoms with Gasteiger partial charge in [-0.25, -0.2) is 9.97 Å². The van der Waals surface area contributed by atoms with Crippen molar-refractivity contribution in [2.75, 3.05) is 4.90 Å². The second kappa shape index (κ2) is 15.6. The largest absolute Gasteiger partial charge is 0.354 e. The van der Waals surface area contributed by atoms with E-state index < -0.39 is 0 Å². The van der Waals surface area contributed by atoms with Crippen molar-refractivity contribution < 1.29 is 0 Å².